The van der Waals surface area contributed by atoms with E-state index in [9.17, 15) is 4.79 Å². The molecule has 2 aromatic rings. The van der Waals surface area contributed by atoms with Crippen molar-refractivity contribution in [2.75, 3.05) is 0 Å². The van der Waals surface area contributed by atoms with Crippen LogP contribution in [0.4, 0.5) is 0 Å². The van der Waals surface area contributed by atoms with Crippen LogP contribution in [0.3, 0.4) is 0 Å². The zero-order valence-corrected chi connectivity index (χ0v) is 15.1. The van der Waals surface area contributed by atoms with Crippen molar-refractivity contribution in [2.24, 2.45) is 0 Å². The molecule has 6 heteroatoms. The Bertz CT molecular complexity index is 675. The van der Waals surface area contributed by atoms with Crippen molar-refractivity contribution in [3.63, 3.8) is 0 Å². The monoisotopic (exact) mass is 333 g/mol. The minimum Gasteiger partial charge on any atom is -0.348 e. The van der Waals surface area contributed by atoms with Gasteiger partial charge >= 0.3 is 0 Å². The predicted octanol–water partition coefficient (Wildman–Crippen LogP) is 4.10. The number of hydrogen-bond acceptors (Lipinski definition) is 3. The summed E-state index contributed by atoms with van der Waals surface area (Å²) in [4.78, 5) is 20.3. The van der Waals surface area contributed by atoms with Crippen LogP contribution in [-0.4, -0.2) is 30.0 Å². The molecule has 2 N–H and O–H groups in total. The standard InChI is InChI=1S/C16H23N3OSSi/c1-22(2)7-5-11(6-8-22)17-15(20)12-9-13-14(18-12)19-16(21-13)10-3-4-10/h9-11,18H,3-8H2,1-2H3,(H,17,20). The number of carbonyl (C=O) groups excluding carboxylic acids is 1. The van der Waals surface area contributed by atoms with Crippen molar-refractivity contribution < 1.29 is 4.79 Å². The summed E-state index contributed by atoms with van der Waals surface area (Å²) in [6, 6.07) is 4.97. The number of amides is 1. The Morgan fingerprint density at radius 1 is 1.32 bits per heavy atom. The highest BCUT2D eigenvalue weighted by Crippen LogP contribution is 2.43. The zero-order valence-electron chi connectivity index (χ0n) is 13.2. The smallest absolute Gasteiger partial charge is 0.268 e. The van der Waals surface area contributed by atoms with Crippen LogP contribution in [0, 0.1) is 0 Å². The lowest BCUT2D eigenvalue weighted by Gasteiger charge is -2.33. The van der Waals surface area contributed by atoms with Gasteiger partial charge in [-0.2, -0.15) is 0 Å². The van der Waals surface area contributed by atoms with Crippen LogP contribution < -0.4 is 5.32 Å². The van der Waals surface area contributed by atoms with Crippen LogP contribution in [0.2, 0.25) is 25.2 Å². The van der Waals surface area contributed by atoms with E-state index in [0.717, 1.165) is 23.2 Å². The van der Waals surface area contributed by atoms with Crippen molar-refractivity contribution in [3.05, 3.63) is 16.8 Å². The normalized spacial score (nSPS) is 22.1. The second-order valence-electron chi connectivity index (χ2n) is 7.63. The van der Waals surface area contributed by atoms with Crippen LogP contribution in [0.5, 0.6) is 0 Å². The number of nitrogens with zero attached hydrogens (tertiary/aromatic N) is 1. The van der Waals surface area contributed by atoms with E-state index in [0.29, 0.717) is 17.7 Å². The van der Waals surface area contributed by atoms with Gasteiger partial charge in [-0.25, -0.2) is 4.98 Å². The Balaban J connectivity index is 1.43. The van der Waals surface area contributed by atoms with Crippen LogP contribution >= 0.6 is 11.3 Å². The summed E-state index contributed by atoms with van der Waals surface area (Å²) in [7, 11) is -0.957. The topological polar surface area (TPSA) is 57.8 Å². The summed E-state index contributed by atoms with van der Waals surface area (Å²) in [6.07, 6.45) is 4.82. The minimum atomic E-state index is -0.957. The molecule has 2 aliphatic rings. The quantitative estimate of drug-likeness (QED) is 0.831. The number of aromatic nitrogens is 2. The Kier molecular flexibility index (Phi) is 3.41. The maximum atomic E-state index is 12.4. The van der Waals surface area contributed by atoms with Crippen molar-refractivity contribution >= 4 is 35.7 Å². The molecule has 0 radical (unpaired) electrons. The molecule has 1 aliphatic heterocycles. The number of H-pyrrole nitrogens is 1. The maximum Gasteiger partial charge on any atom is 0.268 e. The second-order valence-corrected chi connectivity index (χ2v) is 14.0. The Morgan fingerprint density at radius 3 is 2.68 bits per heavy atom. The summed E-state index contributed by atoms with van der Waals surface area (Å²) in [6.45, 7) is 4.90. The van der Waals surface area contributed by atoms with E-state index in [4.69, 9.17) is 0 Å². The molecule has 0 unspecified atom stereocenters. The molecule has 1 saturated carbocycles. The van der Waals surface area contributed by atoms with Crippen LogP contribution in [0.25, 0.3) is 10.3 Å². The molecule has 1 saturated heterocycles. The molecule has 2 fully saturated rings. The third-order valence-corrected chi connectivity index (χ3v) is 9.49. The van der Waals surface area contributed by atoms with Crippen LogP contribution in [0.15, 0.2) is 6.07 Å². The molecule has 4 rings (SSSR count). The van der Waals surface area contributed by atoms with Gasteiger partial charge in [0.1, 0.15) is 11.3 Å². The number of thiazole rings is 1. The van der Waals surface area contributed by atoms with Gasteiger partial charge in [0.15, 0.2) is 0 Å². The fourth-order valence-corrected chi connectivity index (χ4v) is 6.91. The summed E-state index contributed by atoms with van der Waals surface area (Å²) < 4.78 is 1.12. The Labute approximate surface area is 135 Å². The fourth-order valence-electron chi connectivity index (χ4n) is 3.27. The molecule has 4 nitrogen and oxygen atoms in total. The molecule has 0 atom stereocenters. The van der Waals surface area contributed by atoms with E-state index in [1.807, 2.05) is 6.07 Å². The predicted molar refractivity (Wildman–Crippen MR) is 93.5 cm³/mol. The lowest BCUT2D eigenvalue weighted by Crippen LogP contribution is -2.42. The number of nitrogens with one attached hydrogen (secondary N) is 2. The Hall–Kier alpha value is -1.14. The fraction of sp³-hybridized carbons (Fsp3) is 0.625. The lowest BCUT2D eigenvalue weighted by atomic mass is 10.1. The van der Waals surface area contributed by atoms with E-state index in [1.54, 1.807) is 11.3 Å². The number of aromatic amines is 1. The molecule has 1 aliphatic carbocycles. The lowest BCUT2D eigenvalue weighted by molar-refractivity contribution is 0.0929. The van der Waals surface area contributed by atoms with Gasteiger partial charge in [-0.1, -0.05) is 25.2 Å². The first kappa shape index (κ1) is 14.4. The van der Waals surface area contributed by atoms with Gasteiger partial charge in [-0.05, 0) is 31.7 Å². The molecule has 3 heterocycles. The average Bonchev–Trinajstić information content (AvgIpc) is 3.11. The number of fused-ring (bicyclic) bond motifs is 1. The minimum absolute atomic E-state index is 0.0320. The van der Waals surface area contributed by atoms with Gasteiger partial charge < -0.3 is 10.3 Å². The van der Waals surface area contributed by atoms with Crippen molar-refractivity contribution in [1.29, 1.82) is 0 Å². The van der Waals surface area contributed by atoms with Gasteiger partial charge in [0.2, 0.25) is 0 Å². The second kappa shape index (κ2) is 5.20. The highest BCUT2D eigenvalue weighted by atomic mass is 32.1. The third-order valence-electron chi connectivity index (χ3n) is 5.04. The molecule has 1 amide bonds. The van der Waals surface area contributed by atoms with E-state index < -0.39 is 8.07 Å². The Morgan fingerprint density at radius 2 is 2.05 bits per heavy atom. The highest BCUT2D eigenvalue weighted by Gasteiger charge is 2.30. The van der Waals surface area contributed by atoms with Gasteiger partial charge in [-0.3, -0.25) is 4.79 Å². The van der Waals surface area contributed by atoms with Crippen LogP contribution in [0.1, 0.15) is 47.1 Å². The molecule has 0 bridgehead atoms. The largest absolute Gasteiger partial charge is 0.348 e. The van der Waals surface area contributed by atoms with E-state index in [1.165, 1.54) is 29.9 Å². The number of hydrogen-bond donors (Lipinski definition) is 2. The van der Waals surface area contributed by atoms with E-state index >= 15 is 0 Å². The van der Waals surface area contributed by atoms with Gasteiger partial charge in [0.25, 0.3) is 5.91 Å². The summed E-state index contributed by atoms with van der Waals surface area (Å²) >= 11 is 1.74. The average molecular weight is 334 g/mol. The first-order chi connectivity index (χ1) is 10.5. The van der Waals surface area contributed by atoms with Crippen molar-refractivity contribution in [3.8, 4) is 0 Å². The van der Waals surface area contributed by atoms with E-state index in [-0.39, 0.29) is 5.91 Å². The molecular weight excluding hydrogens is 310 g/mol. The van der Waals surface area contributed by atoms with Gasteiger partial charge in [0.05, 0.1) is 9.71 Å². The first-order valence-electron chi connectivity index (χ1n) is 8.30. The summed E-state index contributed by atoms with van der Waals surface area (Å²) in [5.74, 6) is 0.711. The van der Waals surface area contributed by atoms with Gasteiger partial charge in [0, 0.05) is 20.0 Å². The SMILES string of the molecule is C[Si]1(C)CCC(NC(=O)c2cc3sc(C4CC4)nc3[nH]2)CC1. The molecule has 22 heavy (non-hydrogen) atoms. The zero-order chi connectivity index (χ0) is 15.3. The van der Waals surface area contributed by atoms with Crippen molar-refractivity contribution in [2.45, 2.75) is 62.8 Å². The number of carbonyl (C=O) groups is 1. The summed E-state index contributed by atoms with van der Waals surface area (Å²) in [5, 5.41) is 4.43. The molecule has 0 spiro atoms. The molecular formula is C16H23N3OSSi. The first-order valence-corrected chi connectivity index (χ1v) is 12.5. The van der Waals surface area contributed by atoms with E-state index in [2.05, 4.69) is 28.4 Å². The van der Waals surface area contributed by atoms with Crippen molar-refractivity contribution in [1.82, 2.24) is 15.3 Å². The molecule has 2 aromatic heterocycles. The highest BCUT2D eigenvalue weighted by molar-refractivity contribution is 7.18. The molecule has 0 aromatic carbocycles. The van der Waals surface area contributed by atoms with Gasteiger partial charge in [-0.15, -0.1) is 11.3 Å². The van der Waals surface area contributed by atoms with Crippen LogP contribution in [-0.2, 0) is 0 Å². The number of rotatable bonds is 3. The maximum absolute atomic E-state index is 12.4. The summed E-state index contributed by atoms with van der Waals surface area (Å²) in [5.41, 5.74) is 1.55. The molecule has 118 valence electrons. The third kappa shape index (κ3) is 2.86.